The normalized spacial score (nSPS) is 12.3. The number of sulfonamides is 1. The Morgan fingerprint density at radius 1 is 1.11 bits per heavy atom. The van der Waals surface area contributed by atoms with Gasteiger partial charge in [0.1, 0.15) is 15.6 Å². The highest BCUT2D eigenvalue weighted by Crippen LogP contribution is 2.15. The summed E-state index contributed by atoms with van der Waals surface area (Å²) in [6.45, 7) is 1.86. The van der Waals surface area contributed by atoms with Crippen LogP contribution in [0.2, 0.25) is 0 Å². The van der Waals surface area contributed by atoms with Gasteiger partial charge in [0.15, 0.2) is 0 Å². The second-order valence-corrected chi connectivity index (χ2v) is 7.99. The third kappa shape index (κ3) is 5.58. The largest absolute Gasteiger partial charge is 0.494 e. The fraction of sp³-hybridized carbons (Fsp3) is 0.455. The summed E-state index contributed by atoms with van der Waals surface area (Å²) in [6.07, 6.45) is 0.396. The van der Waals surface area contributed by atoms with Crippen molar-refractivity contribution in [1.82, 2.24) is 0 Å². The molecule has 0 bridgehead atoms. The van der Waals surface area contributed by atoms with Crippen molar-refractivity contribution in [2.24, 2.45) is 5.14 Å². The summed E-state index contributed by atoms with van der Waals surface area (Å²) in [4.78, 5) is 0.00779. The number of rotatable bonds is 7. The van der Waals surface area contributed by atoms with Crippen LogP contribution in [0.4, 0.5) is 0 Å². The fourth-order valence-electron chi connectivity index (χ4n) is 1.34. The van der Waals surface area contributed by atoms with E-state index in [4.69, 9.17) is 9.88 Å². The molecule has 0 radical (unpaired) electrons. The summed E-state index contributed by atoms with van der Waals surface area (Å²) in [5.41, 5.74) is 0. The van der Waals surface area contributed by atoms with E-state index in [0.29, 0.717) is 12.2 Å². The van der Waals surface area contributed by atoms with Crippen LogP contribution in [-0.4, -0.2) is 34.9 Å². The molecule has 1 aromatic carbocycles. The number of ether oxygens (including phenoxy) is 1. The molecule has 0 aliphatic heterocycles. The van der Waals surface area contributed by atoms with Gasteiger partial charge in [-0.3, -0.25) is 0 Å². The SMILES string of the molecule is CCS(=O)(=O)CCCOc1ccc(S(N)(=O)=O)cc1. The Labute approximate surface area is 113 Å². The van der Waals surface area contributed by atoms with Crippen LogP contribution in [0.3, 0.4) is 0 Å². The first-order chi connectivity index (χ1) is 8.74. The van der Waals surface area contributed by atoms with Crippen molar-refractivity contribution >= 4 is 19.9 Å². The van der Waals surface area contributed by atoms with Gasteiger partial charge in [-0.15, -0.1) is 0 Å². The van der Waals surface area contributed by atoms with Crippen LogP contribution < -0.4 is 9.88 Å². The molecule has 0 unspecified atom stereocenters. The maximum Gasteiger partial charge on any atom is 0.238 e. The van der Waals surface area contributed by atoms with Gasteiger partial charge in [0.25, 0.3) is 0 Å². The third-order valence-corrected chi connectivity index (χ3v) is 5.18. The summed E-state index contributed by atoms with van der Waals surface area (Å²) in [6, 6.07) is 5.64. The lowest BCUT2D eigenvalue weighted by atomic mass is 10.3. The zero-order chi connectivity index (χ0) is 14.5. The van der Waals surface area contributed by atoms with E-state index in [1.807, 2.05) is 0 Å². The second kappa shape index (κ2) is 6.36. The van der Waals surface area contributed by atoms with Gasteiger partial charge in [-0.2, -0.15) is 0 Å². The Bertz CT molecular complexity index is 605. The van der Waals surface area contributed by atoms with Crippen LogP contribution >= 0.6 is 0 Å². The fourth-order valence-corrected chi connectivity index (χ4v) is 2.70. The van der Waals surface area contributed by atoms with E-state index in [9.17, 15) is 16.8 Å². The smallest absolute Gasteiger partial charge is 0.238 e. The van der Waals surface area contributed by atoms with Gasteiger partial charge in [-0.05, 0) is 30.7 Å². The molecular weight excluding hydrogens is 290 g/mol. The molecule has 0 aromatic heterocycles. The lowest BCUT2D eigenvalue weighted by molar-refractivity contribution is 0.317. The van der Waals surface area contributed by atoms with Gasteiger partial charge in [0.2, 0.25) is 10.0 Å². The van der Waals surface area contributed by atoms with Crippen molar-refractivity contribution in [3.05, 3.63) is 24.3 Å². The molecule has 6 nitrogen and oxygen atoms in total. The molecule has 8 heteroatoms. The van der Waals surface area contributed by atoms with Crippen LogP contribution in [0.25, 0.3) is 0 Å². The monoisotopic (exact) mass is 307 g/mol. The first kappa shape index (κ1) is 15.9. The quantitative estimate of drug-likeness (QED) is 0.740. The number of benzene rings is 1. The predicted molar refractivity (Wildman–Crippen MR) is 72.3 cm³/mol. The minimum Gasteiger partial charge on any atom is -0.494 e. The lowest BCUT2D eigenvalue weighted by Gasteiger charge is -2.06. The first-order valence-electron chi connectivity index (χ1n) is 5.71. The molecule has 0 aliphatic carbocycles. The molecule has 1 aromatic rings. The van der Waals surface area contributed by atoms with Crippen LogP contribution in [-0.2, 0) is 19.9 Å². The Morgan fingerprint density at radius 3 is 2.16 bits per heavy atom. The molecule has 2 N–H and O–H groups in total. The van der Waals surface area contributed by atoms with E-state index in [1.165, 1.54) is 24.3 Å². The number of sulfone groups is 1. The van der Waals surface area contributed by atoms with Gasteiger partial charge in [0.05, 0.1) is 17.3 Å². The molecule has 0 atom stereocenters. The van der Waals surface area contributed by atoms with Crippen molar-refractivity contribution in [2.45, 2.75) is 18.2 Å². The topological polar surface area (TPSA) is 104 Å². The van der Waals surface area contributed by atoms with E-state index in [1.54, 1.807) is 6.92 Å². The number of nitrogens with two attached hydrogens (primary N) is 1. The second-order valence-electron chi connectivity index (χ2n) is 3.95. The third-order valence-electron chi connectivity index (χ3n) is 2.46. The van der Waals surface area contributed by atoms with E-state index >= 15 is 0 Å². The molecule has 1 rings (SSSR count). The molecule has 0 spiro atoms. The van der Waals surface area contributed by atoms with Crippen molar-refractivity contribution in [3.63, 3.8) is 0 Å². The summed E-state index contributed by atoms with van der Waals surface area (Å²) in [5, 5.41) is 4.96. The predicted octanol–water partition coefficient (Wildman–Crippen LogP) is 0.538. The number of hydrogen-bond acceptors (Lipinski definition) is 5. The Balaban J connectivity index is 2.47. The Morgan fingerprint density at radius 2 is 1.68 bits per heavy atom. The standard InChI is InChI=1S/C11H17NO5S2/c1-2-18(13,14)9-3-8-17-10-4-6-11(7-5-10)19(12,15)16/h4-7H,2-3,8-9H2,1H3,(H2,12,15,16). The molecule has 0 saturated carbocycles. The van der Waals surface area contributed by atoms with E-state index in [2.05, 4.69) is 0 Å². The molecule has 0 saturated heterocycles. The van der Waals surface area contributed by atoms with Crippen molar-refractivity contribution in [3.8, 4) is 5.75 Å². The van der Waals surface area contributed by atoms with Crippen LogP contribution in [0, 0.1) is 0 Å². The van der Waals surface area contributed by atoms with E-state index in [0.717, 1.165) is 0 Å². The van der Waals surface area contributed by atoms with Crippen LogP contribution in [0.1, 0.15) is 13.3 Å². The molecule has 108 valence electrons. The highest BCUT2D eigenvalue weighted by molar-refractivity contribution is 7.91. The first-order valence-corrected chi connectivity index (χ1v) is 9.07. The molecule has 0 heterocycles. The Hall–Kier alpha value is -1.12. The zero-order valence-electron chi connectivity index (χ0n) is 10.6. The Kier molecular flexibility index (Phi) is 5.33. The number of primary sulfonamides is 1. The molecular formula is C11H17NO5S2. The van der Waals surface area contributed by atoms with Crippen molar-refractivity contribution in [2.75, 3.05) is 18.1 Å². The minimum absolute atomic E-state index is 0.00779. The van der Waals surface area contributed by atoms with Gasteiger partial charge in [0, 0.05) is 5.75 Å². The van der Waals surface area contributed by atoms with Gasteiger partial charge < -0.3 is 4.74 Å². The molecule has 0 aliphatic rings. The maximum absolute atomic E-state index is 11.2. The molecule has 0 fully saturated rings. The van der Waals surface area contributed by atoms with Gasteiger partial charge >= 0.3 is 0 Å². The summed E-state index contributed by atoms with van der Waals surface area (Å²) >= 11 is 0. The summed E-state index contributed by atoms with van der Waals surface area (Å²) in [5.74, 6) is 0.677. The van der Waals surface area contributed by atoms with Gasteiger partial charge in [-0.1, -0.05) is 6.92 Å². The summed E-state index contributed by atoms with van der Waals surface area (Å²) < 4.78 is 49.8. The highest BCUT2D eigenvalue weighted by atomic mass is 32.2. The van der Waals surface area contributed by atoms with E-state index in [-0.39, 0.29) is 23.0 Å². The lowest BCUT2D eigenvalue weighted by Crippen LogP contribution is -2.12. The minimum atomic E-state index is -3.70. The molecule has 19 heavy (non-hydrogen) atoms. The van der Waals surface area contributed by atoms with Crippen LogP contribution in [0.5, 0.6) is 5.75 Å². The van der Waals surface area contributed by atoms with Crippen molar-refractivity contribution < 1.29 is 21.6 Å². The number of hydrogen-bond donors (Lipinski definition) is 1. The zero-order valence-corrected chi connectivity index (χ0v) is 12.2. The summed E-state index contributed by atoms with van der Waals surface area (Å²) in [7, 11) is -6.68. The van der Waals surface area contributed by atoms with Gasteiger partial charge in [-0.25, -0.2) is 22.0 Å². The average molecular weight is 307 g/mol. The van der Waals surface area contributed by atoms with Crippen molar-refractivity contribution in [1.29, 1.82) is 0 Å². The molecule has 0 amide bonds. The van der Waals surface area contributed by atoms with E-state index < -0.39 is 19.9 Å². The maximum atomic E-state index is 11.2. The van der Waals surface area contributed by atoms with Crippen LogP contribution in [0.15, 0.2) is 29.2 Å². The average Bonchev–Trinajstić information content (AvgIpc) is 2.34. The highest BCUT2D eigenvalue weighted by Gasteiger charge is 2.08.